The number of anilines is 2. The second-order valence-electron chi connectivity index (χ2n) is 7.69. The van der Waals surface area contributed by atoms with Crippen molar-refractivity contribution in [2.24, 2.45) is 0 Å². The number of aryl methyl sites for hydroxylation is 1. The molecule has 2 heterocycles. The summed E-state index contributed by atoms with van der Waals surface area (Å²) in [5.74, 6) is 1.14. The topological polar surface area (TPSA) is 95.1 Å². The predicted octanol–water partition coefficient (Wildman–Crippen LogP) is 3.68. The quantitative estimate of drug-likeness (QED) is 0.520. The minimum absolute atomic E-state index is 0.0778. The summed E-state index contributed by atoms with van der Waals surface area (Å²) in [4.78, 5) is 21.2. The van der Waals surface area contributed by atoms with Crippen LogP contribution in [0.15, 0.2) is 54.9 Å². The molecule has 1 aliphatic carbocycles. The highest BCUT2D eigenvalue weighted by molar-refractivity contribution is 5.93. The van der Waals surface area contributed by atoms with E-state index in [0.29, 0.717) is 5.82 Å². The molecule has 5 rings (SSSR count). The molecule has 0 fully saturated rings. The number of carbonyl (C=O) groups excluding carboxylic acids is 1. The lowest BCUT2D eigenvalue weighted by molar-refractivity contribution is -0.115. The largest absolute Gasteiger partial charge is 0.497 e. The Balaban J connectivity index is 1.39. The number of fused-ring (bicyclic) bond motifs is 3. The fraction of sp³-hybridized carbons (Fsp3) is 0.208. The Morgan fingerprint density at radius 3 is 2.81 bits per heavy atom. The van der Waals surface area contributed by atoms with Crippen LogP contribution in [0.25, 0.3) is 16.7 Å². The first kappa shape index (κ1) is 19.1. The zero-order valence-electron chi connectivity index (χ0n) is 17.3. The molecule has 0 unspecified atom stereocenters. The van der Waals surface area contributed by atoms with E-state index in [0.717, 1.165) is 53.0 Å². The second-order valence-corrected chi connectivity index (χ2v) is 7.69. The van der Waals surface area contributed by atoms with Crippen LogP contribution in [0.2, 0.25) is 0 Å². The number of aromatic nitrogens is 3. The Labute approximate surface area is 179 Å². The van der Waals surface area contributed by atoms with Crippen molar-refractivity contribution in [1.29, 1.82) is 0 Å². The van der Waals surface area contributed by atoms with Crippen molar-refractivity contribution in [3.8, 4) is 11.4 Å². The van der Waals surface area contributed by atoms with Crippen molar-refractivity contribution in [3.63, 3.8) is 0 Å². The van der Waals surface area contributed by atoms with Gasteiger partial charge >= 0.3 is 0 Å². The maximum atomic E-state index is 12.5. The molecule has 0 atom stereocenters. The number of carbonyl (C=O) groups is 1. The van der Waals surface area contributed by atoms with Gasteiger partial charge in [0.1, 0.15) is 17.6 Å². The van der Waals surface area contributed by atoms with Gasteiger partial charge in [-0.3, -0.25) is 4.79 Å². The summed E-state index contributed by atoms with van der Waals surface area (Å²) in [6.07, 6.45) is 4.92. The van der Waals surface area contributed by atoms with Crippen molar-refractivity contribution in [2.45, 2.75) is 25.7 Å². The van der Waals surface area contributed by atoms with Gasteiger partial charge in [0.25, 0.3) is 0 Å². The van der Waals surface area contributed by atoms with Crippen molar-refractivity contribution < 1.29 is 9.53 Å². The Kier molecular flexibility index (Phi) is 4.78. The molecule has 1 aliphatic rings. The van der Waals surface area contributed by atoms with E-state index in [-0.39, 0.29) is 12.3 Å². The zero-order valence-corrected chi connectivity index (χ0v) is 17.3. The van der Waals surface area contributed by atoms with Gasteiger partial charge in [-0.05, 0) is 66.8 Å². The van der Waals surface area contributed by atoms with E-state index >= 15 is 0 Å². The number of nitrogen functional groups attached to an aromatic ring is 1. The molecule has 3 N–H and O–H groups in total. The highest BCUT2D eigenvalue weighted by Crippen LogP contribution is 2.36. The van der Waals surface area contributed by atoms with Crippen LogP contribution in [0, 0.1) is 0 Å². The third kappa shape index (κ3) is 3.48. The molecule has 0 saturated heterocycles. The van der Waals surface area contributed by atoms with Gasteiger partial charge in [-0.15, -0.1) is 0 Å². The van der Waals surface area contributed by atoms with Gasteiger partial charge < -0.3 is 20.4 Å². The van der Waals surface area contributed by atoms with Gasteiger partial charge in [0.05, 0.1) is 19.0 Å². The number of benzene rings is 2. The highest BCUT2D eigenvalue weighted by atomic mass is 16.5. The summed E-state index contributed by atoms with van der Waals surface area (Å²) in [6, 6.07) is 15.3. The summed E-state index contributed by atoms with van der Waals surface area (Å²) >= 11 is 0. The molecule has 1 amide bonds. The Morgan fingerprint density at radius 2 is 2.00 bits per heavy atom. The molecule has 4 aromatic rings. The number of nitrogens with one attached hydrogen (secondary N) is 1. The van der Waals surface area contributed by atoms with Gasteiger partial charge in [-0.1, -0.05) is 12.1 Å². The number of amides is 1. The minimum atomic E-state index is -0.0778. The highest BCUT2D eigenvalue weighted by Gasteiger charge is 2.25. The number of rotatable bonds is 5. The van der Waals surface area contributed by atoms with E-state index in [1.807, 2.05) is 48.5 Å². The van der Waals surface area contributed by atoms with Gasteiger partial charge in [-0.25, -0.2) is 9.97 Å². The van der Waals surface area contributed by atoms with Crippen LogP contribution >= 0.6 is 0 Å². The van der Waals surface area contributed by atoms with E-state index in [1.165, 1.54) is 17.6 Å². The molecule has 0 radical (unpaired) electrons. The van der Waals surface area contributed by atoms with Crippen LogP contribution in [-0.2, 0) is 24.1 Å². The number of hydrogen-bond donors (Lipinski definition) is 2. The average molecular weight is 413 g/mol. The lowest BCUT2D eigenvalue weighted by Gasteiger charge is -2.12. The molecular formula is C24H23N5O2. The van der Waals surface area contributed by atoms with Crippen molar-refractivity contribution >= 4 is 28.4 Å². The van der Waals surface area contributed by atoms with Crippen LogP contribution < -0.4 is 15.8 Å². The molecule has 0 aliphatic heterocycles. The van der Waals surface area contributed by atoms with Crippen LogP contribution in [-0.4, -0.2) is 27.6 Å². The lowest BCUT2D eigenvalue weighted by atomic mass is 10.1. The normalized spacial score (nSPS) is 12.7. The molecule has 7 nitrogen and oxygen atoms in total. The summed E-state index contributed by atoms with van der Waals surface area (Å²) in [5.41, 5.74) is 13.2. The van der Waals surface area contributed by atoms with Crippen molar-refractivity contribution in [1.82, 2.24) is 14.5 Å². The van der Waals surface area contributed by atoms with E-state index in [4.69, 9.17) is 10.5 Å². The minimum Gasteiger partial charge on any atom is -0.497 e. The monoisotopic (exact) mass is 413 g/mol. The molecule has 2 aromatic carbocycles. The lowest BCUT2D eigenvalue weighted by Crippen LogP contribution is -2.14. The maximum Gasteiger partial charge on any atom is 0.228 e. The van der Waals surface area contributed by atoms with Crippen LogP contribution in [0.3, 0.4) is 0 Å². The third-order valence-electron chi connectivity index (χ3n) is 5.73. The fourth-order valence-electron chi connectivity index (χ4n) is 4.35. The first-order valence-electron chi connectivity index (χ1n) is 10.3. The summed E-state index contributed by atoms with van der Waals surface area (Å²) in [7, 11) is 1.61. The number of nitrogens with zero attached hydrogens (tertiary/aromatic N) is 3. The summed E-state index contributed by atoms with van der Waals surface area (Å²) in [6.45, 7) is 0. The van der Waals surface area contributed by atoms with E-state index in [1.54, 1.807) is 7.11 Å². The molecule has 156 valence electrons. The van der Waals surface area contributed by atoms with Crippen molar-refractivity contribution in [2.75, 3.05) is 18.2 Å². The van der Waals surface area contributed by atoms with Crippen LogP contribution in [0.4, 0.5) is 11.5 Å². The molecule has 0 bridgehead atoms. The summed E-state index contributed by atoms with van der Waals surface area (Å²) in [5, 5.41) is 2.96. The first-order chi connectivity index (χ1) is 15.1. The predicted molar refractivity (Wildman–Crippen MR) is 121 cm³/mol. The molecule has 0 saturated carbocycles. The van der Waals surface area contributed by atoms with Crippen LogP contribution in [0.5, 0.6) is 5.75 Å². The number of hydrogen-bond acceptors (Lipinski definition) is 5. The Bertz CT molecular complexity index is 1280. The standard InChI is InChI=1S/C24H23N5O2/c1-31-18-5-2-4-15(12-18)13-21(30)28-16-8-10-17(11-9-16)29-20-7-3-6-19(20)22-23(29)24(25)27-14-26-22/h2,4-5,8-12,14H,3,6-7,13H2,1H3,(H,28,30)(H2,25,26,27). The van der Waals surface area contributed by atoms with E-state index in [2.05, 4.69) is 19.9 Å². The van der Waals surface area contributed by atoms with Crippen molar-refractivity contribution in [3.05, 3.63) is 71.7 Å². The van der Waals surface area contributed by atoms with Crippen LogP contribution in [0.1, 0.15) is 23.2 Å². The zero-order chi connectivity index (χ0) is 21.4. The maximum absolute atomic E-state index is 12.5. The van der Waals surface area contributed by atoms with Gasteiger partial charge in [0.2, 0.25) is 5.91 Å². The third-order valence-corrected chi connectivity index (χ3v) is 5.73. The van der Waals surface area contributed by atoms with Gasteiger partial charge in [-0.2, -0.15) is 0 Å². The molecular weight excluding hydrogens is 390 g/mol. The number of ether oxygens (including phenoxy) is 1. The second kappa shape index (κ2) is 7.75. The average Bonchev–Trinajstić information content (AvgIpc) is 3.36. The molecule has 2 aromatic heterocycles. The van der Waals surface area contributed by atoms with Gasteiger partial charge in [0, 0.05) is 17.1 Å². The van der Waals surface area contributed by atoms with Gasteiger partial charge in [0.15, 0.2) is 5.82 Å². The van der Waals surface area contributed by atoms with E-state index in [9.17, 15) is 4.79 Å². The SMILES string of the molecule is COc1cccc(CC(=O)Nc2ccc(-n3c4c(c5ncnc(N)c53)CCC4)cc2)c1. The fourth-order valence-corrected chi connectivity index (χ4v) is 4.35. The smallest absolute Gasteiger partial charge is 0.228 e. The number of methoxy groups -OCH3 is 1. The molecule has 7 heteroatoms. The molecule has 0 spiro atoms. The Morgan fingerprint density at radius 1 is 1.16 bits per heavy atom. The Hall–Kier alpha value is -3.87. The molecule has 31 heavy (non-hydrogen) atoms. The first-order valence-corrected chi connectivity index (χ1v) is 10.3. The number of nitrogens with two attached hydrogens (primary N) is 1. The van der Waals surface area contributed by atoms with E-state index < -0.39 is 0 Å². The summed E-state index contributed by atoms with van der Waals surface area (Å²) < 4.78 is 7.38.